The minimum Gasteiger partial charge on any atom is -0.372 e. The first-order valence-corrected chi connectivity index (χ1v) is 8.08. The fraction of sp³-hybridized carbons (Fsp3) is 0.706. The fourth-order valence-electron chi connectivity index (χ4n) is 3.47. The average molecular weight is 289 g/mol. The van der Waals surface area contributed by atoms with Gasteiger partial charge in [-0.05, 0) is 45.0 Å². The molecule has 3 atom stereocenters. The Morgan fingerprint density at radius 3 is 2.76 bits per heavy atom. The van der Waals surface area contributed by atoms with Crippen molar-refractivity contribution in [3.8, 4) is 0 Å². The molecule has 0 aromatic carbocycles. The summed E-state index contributed by atoms with van der Waals surface area (Å²) in [7, 11) is 2.19. The predicted molar refractivity (Wildman–Crippen MR) is 84.0 cm³/mol. The van der Waals surface area contributed by atoms with Gasteiger partial charge in [-0.2, -0.15) is 0 Å². The van der Waals surface area contributed by atoms with Crippen LogP contribution in [0.1, 0.15) is 25.8 Å². The summed E-state index contributed by atoms with van der Waals surface area (Å²) in [6.07, 6.45) is 5.84. The number of aromatic nitrogens is 1. The van der Waals surface area contributed by atoms with Crippen molar-refractivity contribution in [3.63, 3.8) is 0 Å². The van der Waals surface area contributed by atoms with Crippen molar-refractivity contribution in [2.24, 2.45) is 5.92 Å². The van der Waals surface area contributed by atoms with Crippen molar-refractivity contribution >= 4 is 0 Å². The molecule has 21 heavy (non-hydrogen) atoms. The number of ether oxygens (including phenoxy) is 1. The second-order valence-corrected chi connectivity index (χ2v) is 6.88. The van der Waals surface area contributed by atoms with Crippen LogP contribution < -0.4 is 0 Å². The molecule has 116 valence electrons. The number of fused-ring (bicyclic) bond motifs is 1. The van der Waals surface area contributed by atoms with Gasteiger partial charge in [0.15, 0.2) is 0 Å². The van der Waals surface area contributed by atoms with Gasteiger partial charge in [0, 0.05) is 50.5 Å². The van der Waals surface area contributed by atoms with Crippen LogP contribution in [0.2, 0.25) is 0 Å². The highest BCUT2D eigenvalue weighted by Gasteiger charge is 2.41. The summed E-state index contributed by atoms with van der Waals surface area (Å²) in [6, 6.07) is 4.81. The summed E-state index contributed by atoms with van der Waals surface area (Å²) < 4.78 is 6.28. The summed E-state index contributed by atoms with van der Waals surface area (Å²) >= 11 is 0. The molecule has 0 N–H and O–H groups in total. The monoisotopic (exact) mass is 289 g/mol. The van der Waals surface area contributed by atoms with E-state index >= 15 is 0 Å². The molecule has 1 aromatic rings. The van der Waals surface area contributed by atoms with E-state index in [4.69, 9.17) is 4.74 Å². The molecular formula is C17H27N3O. The first kappa shape index (κ1) is 14.9. The van der Waals surface area contributed by atoms with Crippen molar-refractivity contribution in [1.29, 1.82) is 0 Å². The number of likely N-dealkylation sites (N-methyl/N-ethyl adjacent to an activating group) is 1. The number of hydrogen-bond acceptors (Lipinski definition) is 4. The maximum Gasteiger partial charge on any atom is 0.0747 e. The lowest BCUT2D eigenvalue weighted by atomic mass is 10.0. The van der Waals surface area contributed by atoms with Crippen LogP contribution in [0.5, 0.6) is 0 Å². The molecule has 2 saturated heterocycles. The third kappa shape index (κ3) is 3.62. The van der Waals surface area contributed by atoms with E-state index in [1.54, 1.807) is 0 Å². The standard InChI is InChI=1S/C17H27N3O/c1-13(2)19(3)11-16-8-15-10-20(12-17(15)21-16)9-14-4-6-18-7-5-14/h4-7,13,15-17H,8-12H2,1-3H3/t15-,16-,17+/m1/s1. The van der Waals surface area contributed by atoms with E-state index in [1.807, 2.05) is 12.4 Å². The molecule has 0 amide bonds. The Balaban J connectivity index is 1.48. The molecule has 0 spiro atoms. The van der Waals surface area contributed by atoms with Crippen molar-refractivity contribution in [1.82, 2.24) is 14.8 Å². The Kier molecular flexibility index (Phi) is 4.57. The first-order valence-electron chi connectivity index (χ1n) is 8.08. The summed E-state index contributed by atoms with van der Waals surface area (Å²) in [5.41, 5.74) is 1.35. The Hall–Kier alpha value is -0.970. The molecule has 2 aliphatic heterocycles. The molecule has 0 aliphatic carbocycles. The normalized spacial score (nSPS) is 29.5. The van der Waals surface area contributed by atoms with Gasteiger partial charge in [0.25, 0.3) is 0 Å². The van der Waals surface area contributed by atoms with Crippen LogP contribution in [0.15, 0.2) is 24.5 Å². The van der Waals surface area contributed by atoms with Gasteiger partial charge >= 0.3 is 0 Å². The van der Waals surface area contributed by atoms with Crippen molar-refractivity contribution in [2.45, 2.75) is 45.1 Å². The number of pyridine rings is 1. The topological polar surface area (TPSA) is 28.6 Å². The Morgan fingerprint density at radius 2 is 2.10 bits per heavy atom. The molecule has 0 saturated carbocycles. The summed E-state index contributed by atoms with van der Waals surface area (Å²) in [6.45, 7) is 8.83. The van der Waals surface area contributed by atoms with E-state index in [9.17, 15) is 0 Å². The van der Waals surface area contributed by atoms with Crippen LogP contribution in [-0.2, 0) is 11.3 Å². The zero-order valence-electron chi connectivity index (χ0n) is 13.4. The van der Waals surface area contributed by atoms with Crippen LogP contribution in [0.3, 0.4) is 0 Å². The lowest BCUT2D eigenvalue weighted by molar-refractivity contribution is 0.0171. The highest BCUT2D eigenvalue weighted by Crippen LogP contribution is 2.33. The van der Waals surface area contributed by atoms with E-state index in [-0.39, 0.29) is 0 Å². The molecule has 4 nitrogen and oxygen atoms in total. The number of hydrogen-bond donors (Lipinski definition) is 0. The van der Waals surface area contributed by atoms with Crippen LogP contribution in [0.4, 0.5) is 0 Å². The molecular weight excluding hydrogens is 262 g/mol. The third-order valence-electron chi connectivity index (χ3n) is 4.92. The minimum atomic E-state index is 0.426. The largest absolute Gasteiger partial charge is 0.372 e. The summed E-state index contributed by atoms with van der Waals surface area (Å²) in [4.78, 5) is 8.99. The smallest absolute Gasteiger partial charge is 0.0747 e. The number of nitrogens with zero attached hydrogens (tertiary/aromatic N) is 3. The van der Waals surface area contributed by atoms with Crippen LogP contribution >= 0.6 is 0 Å². The highest BCUT2D eigenvalue weighted by molar-refractivity contribution is 5.10. The van der Waals surface area contributed by atoms with Gasteiger partial charge in [-0.15, -0.1) is 0 Å². The number of rotatable bonds is 5. The van der Waals surface area contributed by atoms with Crippen molar-refractivity contribution in [2.75, 3.05) is 26.7 Å². The molecule has 0 unspecified atom stereocenters. The molecule has 0 radical (unpaired) electrons. The van der Waals surface area contributed by atoms with E-state index in [1.165, 1.54) is 18.5 Å². The van der Waals surface area contributed by atoms with Gasteiger partial charge in [0.2, 0.25) is 0 Å². The molecule has 2 aliphatic rings. The van der Waals surface area contributed by atoms with E-state index in [2.05, 4.69) is 47.8 Å². The molecule has 0 bridgehead atoms. The van der Waals surface area contributed by atoms with Crippen LogP contribution in [-0.4, -0.2) is 59.7 Å². The molecule has 1 aromatic heterocycles. The molecule has 4 heteroatoms. The number of likely N-dealkylation sites (tertiary alicyclic amines) is 1. The van der Waals surface area contributed by atoms with Crippen LogP contribution in [0, 0.1) is 5.92 Å². The zero-order chi connectivity index (χ0) is 14.8. The molecule has 3 heterocycles. The van der Waals surface area contributed by atoms with Gasteiger partial charge in [-0.1, -0.05) is 0 Å². The van der Waals surface area contributed by atoms with Gasteiger partial charge in [0.05, 0.1) is 12.2 Å². The minimum absolute atomic E-state index is 0.426. The summed E-state index contributed by atoms with van der Waals surface area (Å²) in [5, 5.41) is 0. The summed E-state index contributed by atoms with van der Waals surface area (Å²) in [5.74, 6) is 0.720. The lowest BCUT2D eigenvalue weighted by Gasteiger charge is -2.25. The average Bonchev–Trinajstić information content (AvgIpc) is 2.97. The zero-order valence-corrected chi connectivity index (χ0v) is 13.4. The van der Waals surface area contributed by atoms with Gasteiger partial charge in [-0.25, -0.2) is 0 Å². The Bertz CT molecular complexity index is 437. The first-order chi connectivity index (χ1) is 10.1. The van der Waals surface area contributed by atoms with E-state index in [0.717, 1.165) is 25.6 Å². The molecule has 3 rings (SSSR count). The van der Waals surface area contributed by atoms with E-state index < -0.39 is 0 Å². The van der Waals surface area contributed by atoms with Gasteiger partial charge in [0.1, 0.15) is 0 Å². The second kappa shape index (κ2) is 6.42. The molecule has 2 fully saturated rings. The maximum atomic E-state index is 6.28. The van der Waals surface area contributed by atoms with Gasteiger partial charge < -0.3 is 9.64 Å². The van der Waals surface area contributed by atoms with Crippen LogP contribution in [0.25, 0.3) is 0 Å². The lowest BCUT2D eigenvalue weighted by Crippen LogP contribution is -2.35. The van der Waals surface area contributed by atoms with E-state index in [0.29, 0.717) is 18.2 Å². The van der Waals surface area contributed by atoms with Gasteiger partial charge in [-0.3, -0.25) is 9.88 Å². The highest BCUT2D eigenvalue weighted by atomic mass is 16.5. The SMILES string of the molecule is CC(C)N(C)C[C@H]1C[C@@H]2CN(Cc3ccncc3)C[C@@H]2O1. The third-order valence-corrected chi connectivity index (χ3v) is 4.92. The maximum absolute atomic E-state index is 6.28. The second-order valence-electron chi connectivity index (χ2n) is 6.88. The van der Waals surface area contributed by atoms with Crippen molar-refractivity contribution < 1.29 is 4.74 Å². The Labute approximate surface area is 128 Å². The quantitative estimate of drug-likeness (QED) is 0.829. The van der Waals surface area contributed by atoms with Crippen molar-refractivity contribution in [3.05, 3.63) is 30.1 Å². The predicted octanol–water partition coefficient (Wildman–Crippen LogP) is 2.01. The fourth-order valence-corrected chi connectivity index (χ4v) is 3.47. The Morgan fingerprint density at radius 1 is 1.33 bits per heavy atom.